The molecule has 1 aliphatic heterocycles. The van der Waals surface area contributed by atoms with Crippen LogP contribution in [-0.4, -0.2) is 29.3 Å². The predicted molar refractivity (Wildman–Crippen MR) is 107 cm³/mol. The lowest BCUT2D eigenvalue weighted by atomic mass is 9.92. The SMILES string of the molecule is CC1(c2cccc(Br)c2)NC(=O)N(CC(=O)Nc2cc(Cl)cc(Cl)c2)C1=O. The topological polar surface area (TPSA) is 78.5 Å². The minimum absolute atomic E-state index is 0.357. The Bertz CT molecular complexity index is 933. The van der Waals surface area contributed by atoms with Crippen molar-refractivity contribution in [3.63, 3.8) is 0 Å². The highest BCUT2D eigenvalue weighted by molar-refractivity contribution is 9.10. The Morgan fingerprint density at radius 1 is 1.19 bits per heavy atom. The summed E-state index contributed by atoms with van der Waals surface area (Å²) in [5.41, 5.74) is -0.264. The summed E-state index contributed by atoms with van der Waals surface area (Å²) in [7, 11) is 0. The molecule has 1 saturated heterocycles. The van der Waals surface area contributed by atoms with E-state index in [2.05, 4.69) is 26.6 Å². The molecule has 3 rings (SSSR count). The Hall–Kier alpha value is -2.09. The maximum Gasteiger partial charge on any atom is 0.325 e. The fourth-order valence-electron chi connectivity index (χ4n) is 2.81. The largest absolute Gasteiger partial charge is 0.325 e. The van der Waals surface area contributed by atoms with Gasteiger partial charge in [0.1, 0.15) is 12.1 Å². The summed E-state index contributed by atoms with van der Waals surface area (Å²) in [5.74, 6) is -1.06. The zero-order chi connectivity index (χ0) is 19.8. The number of carbonyl (C=O) groups excluding carboxylic acids is 3. The predicted octanol–water partition coefficient (Wildman–Crippen LogP) is 4.16. The van der Waals surface area contributed by atoms with Crippen LogP contribution in [0.1, 0.15) is 12.5 Å². The number of halogens is 3. The number of hydrogen-bond donors (Lipinski definition) is 2. The molecule has 1 atom stereocenters. The molecule has 0 spiro atoms. The Kier molecular flexibility index (Phi) is 5.46. The number of benzene rings is 2. The van der Waals surface area contributed by atoms with Crippen LogP contribution in [0.4, 0.5) is 10.5 Å². The van der Waals surface area contributed by atoms with Gasteiger partial charge in [0.2, 0.25) is 5.91 Å². The Morgan fingerprint density at radius 2 is 1.85 bits per heavy atom. The minimum atomic E-state index is -1.25. The van der Waals surface area contributed by atoms with Gasteiger partial charge in [-0.25, -0.2) is 4.79 Å². The van der Waals surface area contributed by atoms with E-state index in [1.54, 1.807) is 25.1 Å². The number of nitrogens with zero attached hydrogens (tertiary/aromatic N) is 1. The smallest absolute Gasteiger partial charge is 0.324 e. The van der Waals surface area contributed by atoms with Crippen molar-refractivity contribution in [3.05, 3.63) is 62.5 Å². The molecule has 2 N–H and O–H groups in total. The van der Waals surface area contributed by atoms with Crippen LogP contribution in [0.5, 0.6) is 0 Å². The van der Waals surface area contributed by atoms with E-state index in [0.717, 1.165) is 9.37 Å². The molecule has 2 aromatic rings. The van der Waals surface area contributed by atoms with Gasteiger partial charge in [-0.3, -0.25) is 14.5 Å². The third-order valence-electron chi connectivity index (χ3n) is 4.12. The highest BCUT2D eigenvalue weighted by atomic mass is 79.9. The van der Waals surface area contributed by atoms with Gasteiger partial charge >= 0.3 is 6.03 Å². The van der Waals surface area contributed by atoms with E-state index >= 15 is 0 Å². The van der Waals surface area contributed by atoms with Crippen molar-refractivity contribution < 1.29 is 14.4 Å². The number of nitrogens with one attached hydrogen (secondary N) is 2. The lowest BCUT2D eigenvalue weighted by molar-refractivity contribution is -0.133. The number of carbonyl (C=O) groups is 3. The quantitative estimate of drug-likeness (QED) is 0.658. The molecule has 0 aromatic heterocycles. The van der Waals surface area contributed by atoms with Crippen molar-refractivity contribution in [2.45, 2.75) is 12.5 Å². The van der Waals surface area contributed by atoms with Gasteiger partial charge in [-0.05, 0) is 42.8 Å². The van der Waals surface area contributed by atoms with Crippen molar-refractivity contribution in [3.8, 4) is 0 Å². The van der Waals surface area contributed by atoms with E-state index in [9.17, 15) is 14.4 Å². The van der Waals surface area contributed by atoms with Crippen LogP contribution in [0.15, 0.2) is 46.9 Å². The molecule has 1 aliphatic rings. The second-order valence-corrected chi connectivity index (χ2v) is 7.95. The van der Waals surface area contributed by atoms with Crippen molar-refractivity contribution in [2.75, 3.05) is 11.9 Å². The van der Waals surface area contributed by atoms with Gasteiger partial charge in [-0.1, -0.05) is 51.3 Å². The first kappa shape index (κ1) is 19.7. The number of hydrogen-bond acceptors (Lipinski definition) is 3. The molecular formula is C18H14BrCl2N3O3. The molecule has 0 aliphatic carbocycles. The summed E-state index contributed by atoms with van der Waals surface area (Å²) in [6, 6.07) is 11.0. The fourth-order valence-corrected chi connectivity index (χ4v) is 3.73. The summed E-state index contributed by atoms with van der Waals surface area (Å²) in [6.45, 7) is 1.17. The minimum Gasteiger partial charge on any atom is -0.324 e. The van der Waals surface area contributed by atoms with Gasteiger partial charge in [0.15, 0.2) is 0 Å². The maximum atomic E-state index is 12.9. The standard InChI is InChI=1S/C18H14BrCl2N3O3/c1-18(10-3-2-4-11(19)5-10)16(26)24(17(27)23-18)9-15(25)22-14-7-12(20)6-13(21)8-14/h2-8H,9H2,1H3,(H,22,25)(H,23,27). The molecule has 0 radical (unpaired) electrons. The molecule has 0 saturated carbocycles. The first-order chi connectivity index (χ1) is 12.7. The third kappa shape index (κ3) is 4.10. The third-order valence-corrected chi connectivity index (χ3v) is 5.05. The average molecular weight is 471 g/mol. The van der Waals surface area contributed by atoms with E-state index in [1.165, 1.54) is 18.2 Å². The second-order valence-electron chi connectivity index (χ2n) is 6.16. The van der Waals surface area contributed by atoms with Crippen LogP contribution in [-0.2, 0) is 15.1 Å². The fraction of sp³-hybridized carbons (Fsp3) is 0.167. The van der Waals surface area contributed by atoms with E-state index in [4.69, 9.17) is 23.2 Å². The number of urea groups is 1. The van der Waals surface area contributed by atoms with Crippen LogP contribution in [0.3, 0.4) is 0 Å². The van der Waals surface area contributed by atoms with Crippen molar-refractivity contribution >= 4 is 62.7 Å². The average Bonchev–Trinajstić information content (AvgIpc) is 2.78. The molecule has 140 valence electrons. The number of anilines is 1. The first-order valence-corrected chi connectivity index (χ1v) is 9.40. The molecule has 9 heteroatoms. The lowest BCUT2D eigenvalue weighted by Gasteiger charge is -2.22. The number of rotatable bonds is 4. The van der Waals surface area contributed by atoms with Gasteiger partial charge in [0.05, 0.1) is 0 Å². The van der Waals surface area contributed by atoms with Crippen LogP contribution < -0.4 is 10.6 Å². The van der Waals surface area contributed by atoms with Gasteiger partial charge in [0, 0.05) is 20.2 Å². The molecule has 0 bridgehead atoms. The van der Waals surface area contributed by atoms with E-state index in [1.807, 2.05) is 6.07 Å². The van der Waals surface area contributed by atoms with Crippen molar-refractivity contribution in [2.24, 2.45) is 0 Å². The van der Waals surface area contributed by atoms with E-state index in [0.29, 0.717) is 21.3 Å². The van der Waals surface area contributed by atoms with Crippen molar-refractivity contribution in [1.82, 2.24) is 10.2 Å². The number of amides is 4. The maximum absolute atomic E-state index is 12.9. The van der Waals surface area contributed by atoms with Gasteiger partial charge in [0.25, 0.3) is 5.91 Å². The summed E-state index contributed by atoms with van der Waals surface area (Å²) in [5, 5.41) is 5.95. The van der Waals surface area contributed by atoms with Crippen molar-refractivity contribution in [1.29, 1.82) is 0 Å². The molecule has 4 amide bonds. The van der Waals surface area contributed by atoms with Gasteiger partial charge in [-0.15, -0.1) is 0 Å². The Labute approximate surface area is 173 Å². The van der Waals surface area contributed by atoms with Gasteiger partial charge < -0.3 is 10.6 Å². The number of imide groups is 1. The van der Waals surface area contributed by atoms with Crippen LogP contribution in [0.25, 0.3) is 0 Å². The first-order valence-electron chi connectivity index (χ1n) is 7.85. The van der Waals surface area contributed by atoms with Crippen LogP contribution in [0, 0.1) is 0 Å². The highest BCUT2D eigenvalue weighted by Crippen LogP contribution is 2.30. The van der Waals surface area contributed by atoms with E-state index < -0.39 is 29.9 Å². The van der Waals surface area contributed by atoms with Crippen LogP contribution in [0.2, 0.25) is 10.0 Å². The summed E-state index contributed by atoms with van der Waals surface area (Å²) in [6.07, 6.45) is 0. The molecular weight excluding hydrogens is 457 g/mol. The molecule has 1 heterocycles. The Balaban J connectivity index is 1.76. The normalized spacial score (nSPS) is 19.2. The van der Waals surface area contributed by atoms with E-state index in [-0.39, 0.29) is 0 Å². The Morgan fingerprint density at radius 3 is 2.48 bits per heavy atom. The van der Waals surface area contributed by atoms with Gasteiger partial charge in [-0.2, -0.15) is 0 Å². The second kappa shape index (κ2) is 7.50. The zero-order valence-corrected chi connectivity index (χ0v) is 17.2. The zero-order valence-electron chi connectivity index (χ0n) is 14.1. The molecule has 27 heavy (non-hydrogen) atoms. The molecule has 2 aromatic carbocycles. The summed E-state index contributed by atoms with van der Waals surface area (Å²) in [4.78, 5) is 38.3. The summed E-state index contributed by atoms with van der Waals surface area (Å²) >= 11 is 15.1. The molecule has 6 nitrogen and oxygen atoms in total. The molecule has 1 unspecified atom stereocenters. The highest BCUT2D eigenvalue weighted by Gasteiger charge is 2.49. The molecule has 1 fully saturated rings. The monoisotopic (exact) mass is 469 g/mol. The van der Waals surface area contributed by atoms with Crippen LogP contribution >= 0.6 is 39.1 Å². The lowest BCUT2D eigenvalue weighted by Crippen LogP contribution is -2.42. The summed E-state index contributed by atoms with van der Waals surface area (Å²) < 4.78 is 0.775.